The summed E-state index contributed by atoms with van der Waals surface area (Å²) in [5.74, 6) is -0.129. The Morgan fingerprint density at radius 3 is 2.73 bits per heavy atom. The van der Waals surface area contributed by atoms with Crippen LogP contribution in [0, 0.1) is 0 Å². The van der Waals surface area contributed by atoms with E-state index in [1.165, 1.54) is 0 Å². The number of fused-ring (bicyclic) bond motifs is 1. The molecule has 2 rings (SSSR count). The fraction of sp³-hybridized carbons (Fsp3) is 0.200. The predicted molar refractivity (Wildman–Crippen MR) is 61.4 cm³/mol. The van der Waals surface area contributed by atoms with Crippen LogP contribution in [0.3, 0.4) is 0 Å². The van der Waals surface area contributed by atoms with Gasteiger partial charge in [-0.05, 0) is 23.1 Å². The molecule has 0 fully saturated rings. The van der Waals surface area contributed by atoms with E-state index in [1.54, 1.807) is 6.07 Å². The van der Waals surface area contributed by atoms with Crippen molar-refractivity contribution in [3.63, 3.8) is 0 Å². The first kappa shape index (κ1) is 10.5. The van der Waals surface area contributed by atoms with Crippen molar-refractivity contribution in [1.82, 2.24) is 4.57 Å². The zero-order valence-corrected chi connectivity index (χ0v) is 9.72. The average Bonchev–Trinajstić information content (AvgIpc) is 2.45. The molecule has 0 unspecified atom stereocenters. The highest BCUT2D eigenvalue weighted by Crippen LogP contribution is 2.18. The van der Waals surface area contributed by atoms with Crippen LogP contribution >= 0.6 is 10.7 Å². The normalized spacial score (nSPS) is 12.1. The Kier molecular flexibility index (Phi) is 2.48. The number of benzene rings is 1. The van der Waals surface area contributed by atoms with Crippen molar-refractivity contribution in [1.29, 1.82) is 0 Å². The summed E-state index contributed by atoms with van der Waals surface area (Å²) >= 11 is 0. The summed E-state index contributed by atoms with van der Waals surface area (Å²) < 4.78 is 23.8. The molecule has 0 aliphatic heterocycles. The molecule has 5 heteroatoms. The van der Waals surface area contributed by atoms with Crippen molar-refractivity contribution in [2.75, 3.05) is 0 Å². The summed E-state index contributed by atoms with van der Waals surface area (Å²) in [4.78, 5) is 0. The fourth-order valence-electron chi connectivity index (χ4n) is 1.60. The van der Waals surface area contributed by atoms with Gasteiger partial charge < -0.3 is 4.57 Å². The molecule has 15 heavy (non-hydrogen) atoms. The third-order valence-corrected chi connectivity index (χ3v) is 3.30. The van der Waals surface area contributed by atoms with Gasteiger partial charge in [-0.3, -0.25) is 0 Å². The van der Waals surface area contributed by atoms with Gasteiger partial charge in [-0.25, -0.2) is 8.42 Å². The van der Waals surface area contributed by atoms with Crippen LogP contribution in [0.15, 0.2) is 30.5 Å². The summed E-state index contributed by atoms with van der Waals surface area (Å²) in [6.45, 7) is 0. The molecule has 0 aliphatic rings. The molecule has 1 aromatic carbocycles. The topological polar surface area (TPSA) is 39.1 Å². The lowest BCUT2D eigenvalue weighted by Crippen LogP contribution is -1.95. The lowest BCUT2D eigenvalue weighted by molar-refractivity contribution is 0.609. The summed E-state index contributed by atoms with van der Waals surface area (Å²) in [6.07, 6.45) is 1.93. The van der Waals surface area contributed by atoms with Crippen LogP contribution in [0.5, 0.6) is 0 Å². The highest BCUT2D eigenvalue weighted by atomic mass is 35.7. The van der Waals surface area contributed by atoms with Gasteiger partial charge in [0.05, 0.1) is 5.75 Å². The van der Waals surface area contributed by atoms with Gasteiger partial charge in [0.1, 0.15) is 0 Å². The highest BCUT2D eigenvalue weighted by Gasteiger charge is 2.08. The predicted octanol–water partition coefficient (Wildman–Crippen LogP) is 2.25. The van der Waals surface area contributed by atoms with E-state index in [0.717, 1.165) is 10.9 Å². The van der Waals surface area contributed by atoms with Gasteiger partial charge in [-0.15, -0.1) is 0 Å². The summed E-state index contributed by atoms with van der Waals surface area (Å²) in [5, 5.41) is 1.09. The first-order valence-electron chi connectivity index (χ1n) is 4.42. The molecule has 0 spiro atoms. The molecule has 1 aromatic heterocycles. The SMILES string of the molecule is Cn1ccc2ccc(CS(=O)(=O)Cl)cc21. The van der Waals surface area contributed by atoms with E-state index in [-0.39, 0.29) is 5.75 Å². The Hall–Kier alpha value is -1.00. The van der Waals surface area contributed by atoms with Crippen molar-refractivity contribution in [2.24, 2.45) is 7.05 Å². The van der Waals surface area contributed by atoms with Crippen molar-refractivity contribution in [3.8, 4) is 0 Å². The Bertz CT molecular complexity index is 601. The second-order valence-electron chi connectivity index (χ2n) is 3.50. The average molecular weight is 244 g/mol. The Balaban J connectivity index is 2.51. The minimum absolute atomic E-state index is 0.129. The zero-order valence-electron chi connectivity index (χ0n) is 8.14. The number of rotatable bonds is 2. The van der Waals surface area contributed by atoms with Gasteiger partial charge in [-0.1, -0.05) is 12.1 Å². The van der Waals surface area contributed by atoms with E-state index in [2.05, 4.69) is 0 Å². The maximum absolute atomic E-state index is 10.9. The maximum atomic E-state index is 10.9. The minimum atomic E-state index is -3.48. The molecule has 1 heterocycles. The molecule has 80 valence electrons. The Morgan fingerprint density at radius 1 is 1.33 bits per heavy atom. The molecule has 0 bridgehead atoms. The third-order valence-electron chi connectivity index (χ3n) is 2.29. The largest absolute Gasteiger partial charge is 0.351 e. The summed E-state index contributed by atoms with van der Waals surface area (Å²) in [6, 6.07) is 7.50. The molecule has 0 saturated carbocycles. The van der Waals surface area contributed by atoms with Gasteiger partial charge in [0.15, 0.2) is 0 Å². The first-order valence-corrected chi connectivity index (χ1v) is 6.90. The monoisotopic (exact) mass is 243 g/mol. The van der Waals surface area contributed by atoms with Crippen LogP contribution in [-0.2, 0) is 21.9 Å². The van der Waals surface area contributed by atoms with E-state index >= 15 is 0 Å². The quantitative estimate of drug-likeness (QED) is 0.759. The van der Waals surface area contributed by atoms with Crippen molar-refractivity contribution in [2.45, 2.75) is 5.75 Å². The molecule has 2 aromatic rings. The summed E-state index contributed by atoms with van der Waals surface area (Å²) in [7, 11) is 3.64. The van der Waals surface area contributed by atoms with Crippen LogP contribution in [-0.4, -0.2) is 13.0 Å². The van der Waals surface area contributed by atoms with Gasteiger partial charge in [0, 0.05) is 29.4 Å². The van der Waals surface area contributed by atoms with E-state index < -0.39 is 9.05 Å². The molecular weight excluding hydrogens is 234 g/mol. The van der Waals surface area contributed by atoms with Gasteiger partial charge in [0.25, 0.3) is 0 Å². The standard InChI is InChI=1S/C10H10ClNO2S/c1-12-5-4-9-3-2-8(6-10(9)12)7-15(11,13)14/h2-6H,7H2,1H3. The van der Waals surface area contributed by atoms with E-state index in [1.807, 2.05) is 36.0 Å². The number of aryl methyl sites for hydroxylation is 1. The van der Waals surface area contributed by atoms with Crippen LogP contribution < -0.4 is 0 Å². The second-order valence-corrected chi connectivity index (χ2v) is 6.28. The number of hydrogen-bond donors (Lipinski definition) is 0. The molecule has 0 atom stereocenters. The Labute approximate surface area is 92.7 Å². The van der Waals surface area contributed by atoms with Crippen molar-refractivity contribution in [3.05, 3.63) is 36.0 Å². The molecule has 0 radical (unpaired) electrons. The fourth-order valence-corrected chi connectivity index (χ4v) is 2.55. The third kappa shape index (κ3) is 2.33. The van der Waals surface area contributed by atoms with E-state index in [0.29, 0.717) is 5.56 Å². The van der Waals surface area contributed by atoms with E-state index in [9.17, 15) is 8.42 Å². The molecule has 0 saturated heterocycles. The number of aromatic nitrogens is 1. The molecule has 0 amide bonds. The smallest absolute Gasteiger partial charge is 0.236 e. The second kappa shape index (κ2) is 3.54. The lowest BCUT2D eigenvalue weighted by atomic mass is 10.2. The first-order chi connectivity index (χ1) is 6.96. The number of halogens is 1. The molecule has 0 N–H and O–H groups in total. The number of nitrogens with zero attached hydrogens (tertiary/aromatic N) is 1. The molecular formula is C10H10ClNO2S. The lowest BCUT2D eigenvalue weighted by Gasteiger charge is -2.00. The highest BCUT2D eigenvalue weighted by molar-refractivity contribution is 8.13. The summed E-state index contributed by atoms with van der Waals surface area (Å²) in [5.41, 5.74) is 1.71. The Morgan fingerprint density at radius 2 is 2.07 bits per heavy atom. The van der Waals surface area contributed by atoms with Crippen LogP contribution in [0.4, 0.5) is 0 Å². The van der Waals surface area contributed by atoms with Crippen LogP contribution in [0.1, 0.15) is 5.56 Å². The van der Waals surface area contributed by atoms with Crippen molar-refractivity contribution < 1.29 is 8.42 Å². The van der Waals surface area contributed by atoms with Crippen LogP contribution in [0.2, 0.25) is 0 Å². The van der Waals surface area contributed by atoms with Gasteiger partial charge in [0.2, 0.25) is 9.05 Å². The molecule has 0 aliphatic carbocycles. The van der Waals surface area contributed by atoms with Crippen LogP contribution in [0.25, 0.3) is 10.9 Å². The van der Waals surface area contributed by atoms with E-state index in [4.69, 9.17) is 10.7 Å². The zero-order chi connectivity index (χ0) is 11.1. The minimum Gasteiger partial charge on any atom is -0.351 e. The van der Waals surface area contributed by atoms with Gasteiger partial charge in [-0.2, -0.15) is 0 Å². The molecule has 3 nitrogen and oxygen atoms in total. The van der Waals surface area contributed by atoms with Crippen molar-refractivity contribution >= 4 is 30.6 Å². The number of hydrogen-bond acceptors (Lipinski definition) is 2. The maximum Gasteiger partial charge on any atom is 0.236 e. The van der Waals surface area contributed by atoms with Gasteiger partial charge >= 0.3 is 0 Å².